The van der Waals surface area contributed by atoms with E-state index in [1.165, 1.54) is 62.2 Å². The second kappa shape index (κ2) is 4.69. The van der Waals surface area contributed by atoms with E-state index in [1.54, 1.807) is 0 Å². The highest BCUT2D eigenvalue weighted by Crippen LogP contribution is 2.47. The van der Waals surface area contributed by atoms with E-state index in [0.717, 1.165) is 6.54 Å². The summed E-state index contributed by atoms with van der Waals surface area (Å²) in [7, 11) is 2.04. The quantitative estimate of drug-likeness (QED) is 0.858. The molecule has 1 aromatic heterocycles. The van der Waals surface area contributed by atoms with E-state index < -0.39 is 0 Å². The Hall–Kier alpha value is -0.830. The summed E-state index contributed by atoms with van der Waals surface area (Å²) in [5.74, 6) is 1.96. The third-order valence-electron chi connectivity index (χ3n) is 4.79. The maximum Gasteiger partial charge on any atom is 0.114 e. The first-order chi connectivity index (χ1) is 8.75. The first-order valence-corrected chi connectivity index (χ1v) is 7.47. The monoisotopic (exact) mass is 247 g/mol. The summed E-state index contributed by atoms with van der Waals surface area (Å²) in [4.78, 5) is 8.57. The highest BCUT2D eigenvalue weighted by molar-refractivity contribution is 5.27. The average molecular weight is 247 g/mol. The van der Waals surface area contributed by atoms with Crippen LogP contribution < -0.4 is 5.32 Å². The summed E-state index contributed by atoms with van der Waals surface area (Å²) >= 11 is 0. The standard InChI is InChI=1S/C15H25N3/c1-11-13(12-6-4-3-5-7-12)18-14(17-11)15(8-9-15)10-16-2/h12,16H,3-10H2,1-2H3,(H,17,18). The number of aromatic nitrogens is 2. The van der Waals surface area contributed by atoms with E-state index >= 15 is 0 Å². The van der Waals surface area contributed by atoms with Gasteiger partial charge in [0.25, 0.3) is 0 Å². The number of imidazole rings is 1. The summed E-state index contributed by atoms with van der Waals surface area (Å²) in [6.07, 6.45) is 9.42. The summed E-state index contributed by atoms with van der Waals surface area (Å²) < 4.78 is 0. The van der Waals surface area contributed by atoms with Gasteiger partial charge in [0.1, 0.15) is 5.82 Å². The Kier molecular flexibility index (Phi) is 3.18. The van der Waals surface area contributed by atoms with Crippen molar-refractivity contribution in [1.82, 2.24) is 15.3 Å². The molecule has 0 aromatic carbocycles. The van der Waals surface area contributed by atoms with Crippen LogP contribution in [0.1, 0.15) is 68.1 Å². The Morgan fingerprint density at radius 3 is 2.61 bits per heavy atom. The van der Waals surface area contributed by atoms with Gasteiger partial charge in [-0.15, -0.1) is 0 Å². The van der Waals surface area contributed by atoms with Crippen molar-refractivity contribution in [2.24, 2.45) is 0 Å². The molecule has 2 saturated carbocycles. The van der Waals surface area contributed by atoms with Crippen LogP contribution in [0.3, 0.4) is 0 Å². The Morgan fingerprint density at radius 2 is 2.00 bits per heavy atom. The molecular weight excluding hydrogens is 222 g/mol. The molecule has 0 radical (unpaired) electrons. The van der Waals surface area contributed by atoms with Crippen LogP contribution in [-0.4, -0.2) is 23.6 Å². The van der Waals surface area contributed by atoms with Crippen LogP contribution in [0.25, 0.3) is 0 Å². The van der Waals surface area contributed by atoms with E-state index in [9.17, 15) is 0 Å². The highest BCUT2D eigenvalue weighted by atomic mass is 15.0. The summed E-state index contributed by atoms with van der Waals surface area (Å²) in [6, 6.07) is 0. The minimum atomic E-state index is 0.326. The predicted molar refractivity (Wildman–Crippen MR) is 74.0 cm³/mol. The molecule has 0 unspecified atom stereocenters. The van der Waals surface area contributed by atoms with Gasteiger partial charge in [-0.2, -0.15) is 0 Å². The molecule has 0 amide bonds. The third kappa shape index (κ3) is 2.09. The van der Waals surface area contributed by atoms with Gasteiger partial charge in [-0.3, -0.25) is 0 Å². The molecule has 0 aliphatic heterocycles. The van der Waals surface area contributed by atoms with E-state index in [0.29, 0.717) is 11.3 Å². The fourth-order valence-corrected chi connectivity index (χ4v) is 3.49. The van der Waals surface area contributed by atoms with Crippen LogP contribution in [0, 0.1) is 6.92 Å². The molecule has 3 nitrogen and oxygen atoms in total. The molecule has 0 atom stereocenters. The first kappa shape index (κ1) is 12.2. The average Bonchev–Trinajstić information content (AvgIpc) is 3.06. The van der Waals surface area contributed by atoms with Gasteiger partial charge in [-0.05, 0) is 39.7 Å². The van der Waals surface area contributed by atoms with Crippen LogP contribution in [0.2, 0.25) is 0 Å². The smallest absolute Gasteiger partial charge is 0.114 e. The molecule has 0 spiro atoms. The Morgan fingerprint density at radius 1 is 1.28 bits per heavy atom. The number of hydrogen-bond donors (Lipinski definition) is 2. The zero-order valence-electron chi connectivity index (χ0n) is 11.7. The Labute approximate surface area is 110 Å². The Bertz CT molecular complexity index is 411. The lowest BCUT2D eigenvalue weighted by Crippen LogP contribution is -2.24. The van der Waals surface area contributed by atoms with Crippen molar-refractivity contribution in [3.63, 3.8) is 0 Å². The molecule has 3 heteroatoms. The van der Waals surface area contributed by atoms with E-state index in [2.05, 4.69) is 17.2 Å². The number of nitrogens with zero attached hydrogens (tertiary/aromatic N) is 1. The zero-order valence-corrected chi connectivity index (χ0v) is 11.7. The molecule has 1 heterocycles. The highest BCUT2D eigenvalue weighted by Gasteiger charge is 2.46. The molecular formula is C15H25N3. The molecule has 2 aliphatic carbocycles. The molecule has 2 fully saturated rings. The molecule has 0 bridgehead atoms. The lowest BCUT2D eigenvalue weighted by molar-refractivity contribution is 0.435. The van der Waals surface area contributed by atoms with Gasteiger partial charge in [0.15, 0.2) is 0 Å². The SMILES string of the molecule is CNCC1(c2nc(C3CCCCC3)c(C)[nH]2)CC1. The molecule has 100 valence electrons. The number of aromatic amines is 1. The molecule has 0 saturated heterocycles. The van der Waals surface area contributed by atoms with Gasteiger partial charge < -0.3 is 10.3 Å². The first-order valence-electron chi connectivity index (χ1n) is 7.47. The van der Waals surface area contributed by atoms with Gasteiger partial charge in [0, 0.05) is 23.6 Å². The molecule has 1 aromatic rings. The third-order valence-corrected chi connectivity index (χ3v) is 4.79. The van der Waals surface area contributed by atoms with Gasteiger partial charge in [0.05, 0.1) is 5.69 Å². The normalized spacial score (nSPS) is 23.2. The lowest BCUT2D eigenvalue weighted by atomic mass is 9.86. The molecule has 18 heavy (non-hydrogen) atoms. The number of nitrogens with one attached hydrogen (secondary N) is 2. The van der Waals surface area contributed by atoms with E-state index in [1.807, 2.05) is 7.05 Å². The summed E-state index contributed by atoms with van der Waals surface area (Å²) in [5.41, 5.74) is 3.01. The fourth-order valence-electron chi connectivity index (χ4n) is 3.49. The minimum Gasteiger partial charge on any atom is -0.345 e. The molecule has 2 N–H and O–H groups in total. The van der Waals surface area contributed by atoms with Crippen molar-refractivity contribution in [2.75, 3.05) is 13.6 Å². The van der Waals surface area contributed by atoms with Gasteiger partial charge in [-0.25, -0.2) is 4.98 Å². The van der Waals surface area contributed by atoms with Crippen molar-refractivity contribution >= 4 is 0 Å². The Balaban J connectivity index is 1.82. The van der Waals surface area contributed by atoms with E-state index in [4.69, 9.17) is 4.98 Å². The lowest BCUT2D eigenvalue weighted by Gasteiger charge is -2.20. The largest absolute Gasteiger partial charge is 0.345 e. The summed E-state index contributed by atoms with van der Waals surface area (Å²) in [5, 5.41) is 3.32. The number of rotatable bonds is 4. The predicted octanol–water partition coefficient (Wildman–Crippen LogP) is 3.02. The second-order valence-corrected chi connectivity index (χ2v) is 6.24. The van der Waals surface area contributed by atoms with Crippen LogP contribution in [-0.2, 0) is 5.41 Å². The van der Waals surface area contributed by atoms with Crippen LogP contribution >= 0.6 is 0 Å². The minimum absolute atomic E-state index is 0.326. The molecule has 3 rings (SSSR count). The van der Waals surface area contributed by atoms with E-state index in [-0.39, 0.29) is 0 Å². The van der Waals surface area contributed by atoms with Crippen molar-refractivity contribution in [2.45, 2.75) is 63.2 Å². The van der Waals surface area contributed by atoms with Gasteiger partial charge in [-0.1, -0.05) is 19.3 Å². The van der Waals surface area contributed by atoms with Crippen molar-refractivity contribution in [3.05, 3.63) is 17.2 Å². The zero-order chi connectivity index (χ0) is 12.6. The fraction of sp³-hybridized carbons (Fsp3) is 0.800. The van der Waals surface area contributed by atoms with Gasteiger partial charge >= 0.3 is 0 Å². The second-order valence-electron chi connectivity index (χ2n) is 6.24. The van der Waals surface area contributed by atoms with Crippen molar-refractivity contribution < 1.29 is 0 Å². The number of aryl methyl sites for hydroxylation is 1. The number of likely N-dealkylation sites (N-methyl/N-ethyl adjacent to an activating group) is 1. The van der Waals surface area contributed by atoms with Crippen LogP contribution in [0.4, 0.5) is 0 Å². The van der Waals surface area contributed by atoms with Crippen molar-refractivity contribution in [1.29, 1.82) is 0 Å². The van der Waals surface area contributed by atoms with Crippen LogP contribution in [0.5, 0.6) is 0 Å². The number of hydrogen-bond acceptors (Lipinski definition) is 2. The van der Waals surface area contributed by atoms with Crippen LogP contribution in [0.15, 0.2) is 0 Å². The topological polar surface area (TPSA) is 40.7 Å². The van der Waals surface area contributed by atoms with Crippen molar-refractivity contribution in [3.8, 4) is 0 Å². The summed E-state index contributed by atoms with van der Waals surface area (Å²) in [6.45, 7) is 3.26. The maximum atomic E-state index is 4.99. The molecule has 2 aliphatic rings. The maximum absolute atomic E-state index is 4.99. The number of H-pyrrole nitrogens is 1. The van der Waals surface area contributed by atoms with Gasteiger partial charge in [0.2, 0.25) is 0 Å².